The first-order valence-electron chi connectivity index (χ1n) is 5.37. The second kappa shape index (κ2) is 6.18. The number of hydrogen-bond donors (Lipinski definition) is 2. The summed E-state index contributed by atoms with van der Waals surface area (Å²) in [5, 5.41) is 9.49. The zero-order valence-electron chi connectivity index (χ0n) is 10.9. The number of hydrogen-bond acceptors (Lipinski definition) is 4. The maximum absolute atomic E-state index is 11.9. The Balaban J connectivity index is 4.28. The van der Waals surface area contributed by atoms with Gasteiger partial charge in [-0.3, -0.25) is 4.79 Å². The molecule has 0 aliphatic rings. The van der Waals surface area contributed by atoms with Crippen molar-refractivity contribution in [3.05, 3.63) is 0 Å². The molecular formula is C11H24N2O3. The van der Waals surface area contributed by atoms with E-state index in [1.807, 2.05) is 20.8 Å². The Hall–Kier alpha value is -0.650. The molecule has 0 aliphatic heterocycles. The summed E-state index contributed by atoms with van der Waals surface area (Å²) >= 11 is 0. The largest absolute Gasteiger partial charge is 0.389 e. The summed E-state index contributed by atoms with van der Waals surface area (Å²) in [6.07, 6.45) is -0.675. The zero-order valence-corrected chi connectivity index (χ0v) is 10.9. The van der Waals surface area contributed by atoms with Gasteiger partial charge < -0.3 is 20.5 Å². The van der Waals surface area contributed by atoms with Crippen LogP contribution in [-0.2, 0) is 9.53 Å². The number of amides is 1. The minimum atomic E-state index is -0.675. The molecule has 0 fully saturated rings. The molecule has 0 aromatic rings. The highest BCUT2D eigenvalue weighted by molar-refractivity contribution is 5.82. The smallest absolute Gasteiger partial charge is 0.239 e. The van der Waals surface area contributed by atoms with E-state index in [4.69, 9.17) is 10.5 Å². The van der Waals surface area contributed by atoms with Gasteiger partial charge in [0.15, 0.2) is 0 Å². The van der Waals surface area contributed by atoms with E-state index < -0.39 is 12.1 Å². The van der Waals surface area contributed by atoms with Crippen molar-refractivity contribution >= 4 is 5.91 Å². The number of carbonyl (C=O) groups is 1. The molecule has 96 valence electrons. The summed E-state index contributed by atoms with van der Waals surface area (Å²) in [7, 11) is 3.14. The molecule has 1 amide bonds. The number of carbonyl (C=O) groups excluding carboxylic acids is 1. The number of methoxy groups -OCH3 is 1. The van der Waals surface area contributed by atoms with Gasteiger partial charge in [0.1, 0.15) is 0 Å². The molecular weight excluding hydrogens is 208 g/mol. The Morgan fingerprint density at radius 1 is 1.50 bits per heavy atom. The van der Waals surface area contributed by atoms with Crippen molar-refractivity contribution in [3.63, 3.8) is 0 Å². The molecule has 2 unspecified atom stereocenters. The molecule has 0 saturated heterocycles. The lowest BCUT2D eigenvalue weighted by Gasteiger charge is -2.30. The van der Waals surface area contributed by atoms with Crippen LogP contribution in [0.3, 0.4) is 0 Å². The highest BCUT2D eigenvalue weighted by Gasteiger charge is 2.30. The lowest BCUT2D eigenvalue weighted by Crippen LogP contribution is -2.51. The van der Waals surface area contributed by atoms with E-state index in [0.29, 0.717) is 0 Å². The van der Waals surface area contributed by atoms with Crippen LogP contribution in [0, 0.1) is 5.41 Å². The van der Waals surface area contributed by atoms with Crippen LogP contribution in [0.4, 0.5) is 0 Å². The molecule has 0 saturated carbocycles. The Bertz CT molecular complexity index is 226. The molecule has 0 aliphatic carbocycles. The van der Waals surface area contributed by atoms with Crippen molar-refractivity contribution in [1.82, 2.24) is 4.90 Å². The molecule has 3 N–H and O–H groups in total. The van der Waals surface area contributed by atoms with Gasteiger partial charge in [0.25, 0.3) is 0 Å². The van der Waals surface area contributed by atoms with Crippen LogP contribution in [0.25, 0.3) is 0 Å². The van der Waals surface area contributed by atoms with Gasteiger partial charge in [-0.05, 0) is 5.41 Å². The van der Waals surface area contributed by atoms with E-state index >= 15 is 0 Å². The fourth-order valence-corrected chi connectivity index (χ4v) is 1.26. The van der Waals surface area contributed by atoms with Crippen LogP contribution in [0.1, 0.15) is 20.8 Å². The van der Waals surface area contributed by atoms with E-state index in [9.17, 15) is 9.90 Å². The van der Waals surface area contributed by atoms with Crippen molar-refractivity contribution in [2.75, 3.05) is 27.3 Å². The third-order valence-electron chi connectivity index (χ3n) is 2.42. The quantitative estimate of drug-likeness (QED) is 0.690. The van der Waals surface area contributed by atoms with Gasteiger partial charge in [-0.2, -0.15) is 0 Å². The summed E-state index contributed by atoms with van der Waals surface area (Å²) in [5.74, 6) is -0.164. The Morgan fingerprint density at radius 2 is 2.00 bits per heavy atom. The number of aliphatic hydroxyl groups excluding tert-OH is 1. The predicted molar refractivity (Wildman–Crippen MR) is 63.0 cm³/mol. The van der Waals surface area contributed by atoms with Crippen molar-refractivity contribution in [2.45, 2.75) is 32.9 Å². The normalized spacial score (nSPS) is 15.7. The van der Waals surface area contributed by atoms with E-state index in [1.54, 1.807) is 7.05 Å². The number of nitrogens with two attached hydrogens (primary N) is 1. The Kier molecular flexibility index (Phi) is 5.92. The number of rotatable bonds is 5. The summed E-state index contributed by atoms with van der Waals surface area (Å²) in [4.78, 5) is 13.3. The van der Waals surface area contributed by atoms with E-state index in [2.05, 4.69) is 0 Å². The molecule has 0 radical (unpaired) electrons. The first kappa shape index (κ1) is 15.3. The highest BCUT2D eigenvalue weighted by atomic mass is 16.5. The standard InChI is InChI=1S/C11H24N2O3/c1-11(2,3)9(12)10(15)13(4)6-8(14)7-16-5/h8-9,14H,6-7,12H2,1-5H3. The van der Waals surface area contributed by atoms with Gasteiger partial charge in [0, 0.05) is 20.7 Å². The molecule has 0 rings (SSSR count). The summed E-state index contributed by atoms with van der Waals surface area (Å²) in [6, 6.07) is -0.563. The van der Waals surface area contributed by atoms with Crippen molar-refractivity contribution in [1.29, 1.82) is 0 Å². The third kappa shape index (κ3) is 4.92. The first-order valence-corrected chi connectivity index (χ1v) is 5.37. The number of aliphatic hydroxyl groups is 1. The molecule has 0 bridgehead atoms. The van der Waals surface area contributed by atoms with Crippen molar-refractivity contribution < 1.29 is 14.6 Å². The zero-order chi connectivity index (χ0) is 12.9. The lowest BCUT2D eigenvalue weighted by molar-refractivity contribution is -0.135. The molecule has 5 nitrogen and oxygen atoms in total. The molecule has 5 heteroatoms. The number of likely N-dealkylation sites (N-methyl/N-ethyl adjacent to an activating group) is 1. The summed E-state index contributed by atoms with van der Waals surface area (Å²) < 4.78 is 4.79. The van der Waals surface area contributed by atoms with Crippen LogP contribution >= 0.6 is 0 Å². The molecule has 16 heavy (non-hydrogen) atoms. The Labute approximate surface area is 97.6 Å². The predicted octanol–water partition coefficient (Wildman–Crippen LogP) is -0.174. The molecule has 0 aromatic carbocycles. The van der Waals surface area contributed by atoms with Gasteiger partial charge in [0.05, 0.1) is 18.8 Å². The summed E-state index contributed by atoms with van der Waals surface area (Å²) in [6.45, 7) is 6.18. The number of ether oxygens (including phenoxy) is 1. The van der Waals surface area contributed by atoms with Crippen LogP contribution in [0.2, 0.25) is 0 Å². The minimum Gasteiger partial charge on any atom is -0.389 e. The van der Waals surface area contributed by atoms with Gasteiger partial charge in [0.2, 0.25) is 5.91 Å². The Morgan fingerprint density at radius 3 is 2.38 bits per heavy atom. The fourth-order valence-electron chi connectivity index (χ4n) is 1.26. The molecule has 0 heterocycles. The van der Waals surface area contributed by atoms with Gasteiger partial charge >= 0.3 is 0 Å². The maximum Gasteiger partial charge on any atom is 0.239 e. The third-order valence-corrected chi connectivity index (χ3v) is 2.42. The lowest BCUT2D eigenvalue weighted by atomic mass is 9.86. The average molecular weight is 232 g/mol. The average Bonchev–Trinajstić information content (AvgIpc) is 2.14. The number of nitrogens with zero attached hydrogens (tertiary/aromatic N) is 1. The monoisotopic (exact) mass is 232 g/mol. The van der Waals surface area contributed by atoms with Crippen LogP contribution in [-0.4, -0.2) is 55.4 Å². The molecule has 0 spiro atoms. The van der Waals surface area contributed by atoms with Gasteiger partial charge in [-0.1, -0.05) is 20.8 Å². The minimum absolute atomic E-state index is 0.164. The van der Waals surface area contributed by atoms with Crippen LogP contribution < -0.4 is 5.73 Å². The second-order valence-corrected chi connectivity index (χ2v) is 5.17. The van der Waals surface area contributed by atoms with E-state index in [1.165, 1.54) is 12.0 Å². The summed E-state index contributed by atoms with van der Waals surface area (Å²) in [5.41, 5.74) is 5.56. The molecule has 0 aromatic heterocycles. The second-order valence-electron chi connectivity index (χ2n) is 5.17. The topological polar surface area (TPSA) is 75.8 Å². The highest BCUT2D eigenvalue weighted by Crippen LogP contribution is 2.18. The SMILES string of the molecule is COCC(O)CN(C)C(=O)C(N)C(C)(C)C. The van der Waals surface area contributed by atoms with Crippen molar-refractivity contribution in [2.24, 2.45) is 11.1 Å². The van der Waals surface area contributed by atoms with Gasteiger partial charge in [-0.25, -0.2) is 0 Å². The first-order chi connectivity index (χ1) is 7.20. The van der Waals surface area contributed by atoms with Gasteiger partial charge in [-0.15, -0.1) is 0 Å². The molecule has 2 atom stereocenters. The maximum atomic E-state index is 11.9. The van der Waals surface area contributed by atoms with Crippen molar-refractivity contribution in [3.8, 4) is 0 Å². The van der Waals surface area contributed by atoms with E-state index in [-0.39, 0.29) is 24.5 Å². The van der Waals surface area contributed by atoms with E-state index in [0.717, 1.165) is 0 Å². The fraction of sp³-hybridized carbons (Fsp3) is 0.909. The van der Waals surface area contributed by atoms with Crippen LogP contribution in [0.15, 0.2) is 0 Å². The van der Waals surface area contributed by atoms with Crippen LogP contribution in [0.5, 0.6) is 0 Å².